The standard InChI is InChI=1S/C7H11Br/c8-6-2-5-7-3-1-4-7/h2,5,7H,1,3-4,6H2/b5-2+. The van der Waals surface area contributed by atoms with E-state index in [1.165, 1.54) is 19.3 Å². The summed E-state index contributed by atoms with van der Waals surface area (Å²) in [7, 11) is 0. The summed E-state index contributed by atoms with van der Waals surface area (Å²) in [5.41, 5.74) is 0. The summed E-state index contributed by atoms with van der Waals surface area (Å²) < 4.78 is 0. The Kier molecular flexibility index (Phi) is 2.60. The van der Waals surface area contributed by atoms with Crippen LogP contribution in [0.25, 0.3) is 0 Å². The maximum absolute atomic E-state index is 3.34. The minimum Gasteiger partial charge on any atom is -0.0883 e. The Balaban J connectivity index is 2.08. The van der Waals surface area contributed by atoms with Crippen molar-refractivity contribution in [1.82, 2.24) is 0 Å². The largest absolute Gasteiger partial charge is 0.0883 e. The van der Waals surface area contributed by atoms with Crippen LogP contribution in [0.5, 0.6) is 0 Å². The minimum atomic E-state index is 0.924. The highest BCUT2D eigenvalue weighted by atomic mass is 79.9. The molecule has 1 aliphatic rings. The van der Waals surface area contributed by atoms with Gasteiger partial charge in [0.25, 0.3) is 0 Å². The Labute approximate surface area is 59.1 Å². The lowest BCUT2D eigenvalue weighted by Crippen LogP contribution is -2.06. The van der Waals surface area contributed by atoms with Crippen LogP contribution in [0.15, 0.2) is 12.2 Å². The topological polar surface area (TPSA) is 0 Å². The molecule has 0 unspecified atom stereocenters. The van der Waals surface area contributed by atoms with Crippen LogP contribution in [0.1, 0.15) is 19.3 Å². The molecule has 0 heterocycles. The van der Waals surface area contributed by atoms with Crippen molar-refractivity contribution in [2.45, 2.75) is 19.3 Å². The van der Waals surface area contributed by atoms with Gasteiger partial charge in [0, 0.05) is 5.33 Å². The van der Waals surface area contributed by atoms with Crippen LogP contribution in [0.4, 0.5) is 0 Å². The Morgan fingerprint density at radius 2 is 2.25 bits per heavy atom. The van der Waals surface area contributed by atoms with E-state index in [1.807, 2.05) is 0 Å². The predicted molar refractivity (Wildman–Crippen MR) is 40.3 cm³/mol. The zero-order valence-corrected chi connectivity index (χ0v) is 6.52. The van der Waals surface area contributed by atoms with E-state index in [0.717, 1.165) is 11.2 Å². The molecule has 1 fully saturated rings. The Morgan fingerprint density at radius 3 is 2.62 bits per heavy atom. The van der Waals surface area contributed by atoms with Crippen molar-refractivity contribution < 1.29 is 0 Å². The molecule has 0 radical (unpaired) electrons. The van der Waals surface area contributed by atoms with E-state index in [-0.39, 0.29) is 0 Å². The first-order valence-corrected chi connectivity index (χ1v) is 4.28. The quantitative estimate of drug-likeness (QED) is 0.447. The van der Waals surface area contributed by atoms with Crippen molar-refractivity contribution in [3.05, 3.63) is 12.2 Å². The van der Waals surface area contributed by atoms with Gasteiger partial charge < -0.3 is 0 Å². The van der Waals surface area contributed by atoms with Crippen LogP contribution in [0.2, 0.25) is 0 Å². The summed E-state index contributed by atoms with van der Waals surface area (Å²) in [5, 5.41) is 1.02. The van der Waals surface area contributed by atoms with E-state index in [0.29, 0.717) is 0 Å². The van der Waals surface area contributed by atoms with Gasteiger partial charge in [0.15, 0.2) is 0 Å². The number of rotatable bonds is 2. The molecule has 0 bridgehead atoms. The lowest BCUT2D eigenvalue weighted by molar-refractivity contribution is 0.387. The first-order valence-electron chi connectivity index (χ1n) is 3.16. The molecule has 0 spiro atoms. The number of alkyl halides is 1. The molecule has 0 aromatic heterocycles. The van der Waals surface area contributed by atoms with E-state index in [9.17, 15) is 0 Å². The van der Waals surface area contributed by atoms with Gasteiger partial charge in [0.1, 0.15) is 0 Å². The molecule has 1 rings (SSSR count). The molecule has 0 aromatic rings. The minimum absolute atomic E-state index is 0.924. The highest BCUT2D eigenvalue weighted by molar-refractivity contribution is 9.09. The molecule has 0 N–H and O–H groups in total. The van der Waals surface area contributed by atoms with Gasteiger partial charge in [-0.25, -0.2) is 0 Å². The maximum atomic E-state index is 3.34. The van der Waals surface area contributed by atoms with Crippen LogP contribution in [-0.2, 0) is 0 Å². The summed E-state index contributed by atoms with van der Waals surface area (Å²) in [6.07, 6.45) is 8.80. The third-order valence-corrected chi connectivity index (χ3v) is 2.02. The molecule has 1 heteroatoms. The Bertz CT molecular complexity index is 82.4. The average molecular weight is 175 g/mol. The second-order valence-corrected chi connectivity index (χ2v) is 2.92. The number of hydrogen-bond acceptors (Lipinski definition) is 0. The molecule has 0 aliphatic heterocycles. The van der Waals surface area contributed by atoms with Gasteiger partial charge in [0.2, 0.25) is 0 Å². The summed E-state index contributed by atoms with van der Waals surface area (Å²) >= 11 is 3.34. The summed E-state index contributed by atoms with van der Waals surface area (Å²) in [4.78, 5) is 0. The number of hydrogen-bond donors (Lipinski definition) is 0. The third-order valence-electron chi connectivity index (χ3n) is 1.65. The second kappa shape index (κ2) is 3.29. The monoisotopic (exact) mass is 174 g/mol. The highest BCUT2D eigenvalue weighted by Gasteiger charge is 2.12. The van der Waals surface area contributed by atoms with Crippen LogP contribution in [-0.4, -0.2) is 5.33 Å². The Hall–Kier alpha value is 0.220. The van der Waals surface area contributed by atoms with Gasteiger partial charge in [-0.2, -0.15) is 0 Å². The van der Waals surface area contributed by atoms with Crippen molar-refractivity contribution in [3.8, 4) is 0 Å². The van der Waals surface area contributed by atoms with E-state index >= 15 is 0 Å². The van der Waals surface area contributed by atoms with E-state index < -0.39 is 0 Å². The highest BCUT2D eigenvalue weighted by Crippen LogP contribution is 2.27. The summed E-state index contributed by atoms with van der Waals surface area (Å²) in [6.45, 7) is 0. The molecule has 1 aliphatic carbocycles. The van der Waals surface area contributed by atoms with Gasteiger partial charge in [-0.15, -0.1) is 0 Å². The molecule has 46 valence electrons. The number of allylic oxidation sites excluding steroid dienone is 2. The van der Waals surface area contributed by atoms with Gasteiger partial charge in [-0.1, -0.05) is 34.5 Å². The second-order valence-electron chi connectivity index (χ2n) is 2.27. The Morgan fingerprint density at radius 1 is 1.50 bits per heavy atom. The summed E-state index contributed by atoms with van der Waals surface area (Å²) in [6, 6.07) is 0. The molecule has 0 aromatic carbocycles. The van der Waals surface area contributed by atoms with Crippen molar-refractivity contribution in [2.24, 2.45) is 5.92 Å². The van der Waals surface area contributed by atoms with Crippen molar-refractivity contribution in [2.75, 3.05) is 5.33 Å². The van der Waals surface area contributed by atoms with Crippen LogP contribution < -0.4 is 0 Å². The van der Waals surface area contributed by atoms with Gasteiger partial charge in [-0.3, -0.25) is 0 Å². The molecular weight excluding hydrogens is 164 g/mol. The van der Waals surface area contributed by atoms with Crippen LogP contribution in [0, 0.1) is 5.92 Å². The SMILES string of the molecule is BrC/C=C/C1CCC1. The molecule has 0 atom stereocenters. The fraction of sp³-hybridized carbons (Fsp3) is 0.714. The molecule has 0 nitrogen and oxygen atoms in total. The molecule has 8 heavy (non-hydrogen) atoms. The fourth-order valence-electron chi connectivity index (χ4n) is 0.876. The van der Waals surface area contributed by atoms with Crippen molar-refractivity contribution in [1.29, 1.82) is 0 Å². The van der Waals surface area contributed by atoms with Crippen LogP contribution in [0.3, 0.4) is 0 Å². The first kappa shape index (κ1) is 6.34. The lowest BCUT2D eigenvalue weighted by atomic mass is 9.85. The summed E-state index contributed by atoms with van der Waals surface area (Å²) in [5.74, 6) is 0.924. The molecule has 0 amide bonds. The van der Waals surface area contributed by atoms with Gasteiger partial charge in [0.05, 0.1) is 0 Å². The van der Waals surface area contributed by atoms with Crippen LogP contribution >= 0.6 is 15.9 Å². The fourth-order valence-corrected chi connectivity index (χ4v) is 1.09. The normalized spacial score (nSPS) is 21.6. The zero-order chi connectivity index (χ0) is 5.82. The van der Waals surface area contributed by atoms with Gasteiger partial charge >= 0.3 is 0 Å². The van der Waals surface area contributed by atoms with E-state index in [4.69, 9.17) is 0 Å². The zero-order valence-electron chi connectivity index (χ0n) is 4.94. The predicted octanol–water partition coefficient (Wildman–Crippen LogP) is 2.74. The smallest absolute Gasteiger partial charge is 0.0212 e. The number of halogens is 1. The first-order chi connectivity index (χ1) is 3.93. The molecular formula is C7H11Br. The lowest BCUT2D eigenvalue weighted by Gasteiger charge is -2.20. The average Bonchev–Trinajstić information content (AvgIpc) is 1.63. The third kappa shape index (κ3) is 1.62. The van der Waals surface area contributed by atoms with E-state index in [1.54, 1.807) is 0 Å². The van der Waals surface area contributed by atoms with Crippen molar-refractivity contribution >= 4 is 15.9 Å². The van der Waals surface area contributed by atoms with E-state index in [2.05, 4.69) is 28.1 Å². The molecule has 0 saturated heterocycles. The maximum Gasteiger partial charge on any atom is 0.0212 e. The van der Waals surface area contributed by atoms with Crippen molar-refractivity contribution in [3.63, 3.8) is 0 Å². The van der Waals surface area contributed by atoms with Gasteiger partial charge in [-0.05, 0) is 18.8 Å². The molecule has 1 saturated carbocycles.